The van der Waals surface area contributed by atoms with Crippen LogP contribution in [0.4, 0.5) is 5.69 Å². The van der Waals surface area contributed by atoms with E-state index in [1.165, 1.54) is 16.1 Å². The van der Waals surface area contributed by atoms with E-state index in [2.05, 4.69) is 5.32 Å². The van der Waals surface area contributed by atoms with Crippen LogP contribution in [-0.4, -0.2) is 37.8 Å². The number of fused-ring (bicyclic) bond motifs is 1. The Labute approximate surface area is 248 Å². The van der Waals surface area contributed by atoms with Crippen molar-refractivity contribution in [3.05, 3.63) is 119 Å². The first-order valence-electron chi connectivity index (χ1n) is 12.9. The van der Waals surface area contributed by atoms with Crippen LogP contribution in [0.1, 0.15) is 23.6 Å². The van der Waals surface area contributed by atoms with E-state index in [0.717, 1.165) is 20.9 Å². The molecule has 1 aliphatic heterocycles. The zero-order chi connectivity index (χ0) is 28.8. The van der Waals surface area contributed by atoms with Crippen molar-refractivity contribution in [2.24, 2.45) is 0 Å². The monoisotopic (exact) mass is 606 g/mol. The minimum absolute atomic E-state index is 0.160. The molecule has 10 heteroatoms. The molecule has 0 spiro atoms. The number of hydrogen-bond acceptors (Lipinski definition) is 6. The summed E-state index contributed by atoms with van der Waals surface area (Å²) in [5.41, 5.74) is 2.32. The molecule has 0 fully saturated rings. The van der Waals surface area contributed by atoms with Crippen LogP contribution in [0.3, 0.4) is 0 Å². The number of halogens is 1. The third-order valence-corrected chi connectivity index (χ3v) is 9.90. The quantitative estimate of drug-likeness (QED) is 0.223. The van der Waals surface area contributed by atoms with Gasteiger partial charge < -0.3 is 10.1 Å². The lowest BCUT2D eigenvalue weighted by Crippen LogP contribution is -2.41. The summed E-state index contributed by atoms with van der Waals surface area (Å²) in [7, 11) is -3.87. The number of para-hydroxylation sites is 1. The molecule has 0 radical (unpaired) electrons. The maximum absolute atomic E-state index is 13.5. The fourth-order valence-corrected chi connectivity index (χ4v) is 7.35. The van der Waals surface area contributed by atoms with Gasteiger partial charge in [0, 0.05) is 21.4 Å². The molecule has 0 saturated carbocycles. The van der Waals surface area contributed by atoms with E-state index in [-0.39, 0.29) is 17.9 Å². The minimum Gasteiger partial charge on any atom is -0.456 e. The second-order valence-corrected chi connectivity index (χ2v) is 12.8. The fourth-order valence-electron chi connectivity index (χ4n) is 4.69. The zero-order valence-electron chi connectivity index (χ0n) is 21.9. The number of amides is 1. The van der Waals surface area contributed by atoms with Gasteiger partial charge in [-0.05, 0) is 66.1 Å². The van der Waals surface area contributed by atoms with Gasteiger partial charge in [0.05, 0.1) is 23.0 Å². The SMILES string of the molecule is O=C(COC(=O)CC1c2ccccc2CCN1S(=O)(=O)c1ccccc1)Nc1ccccc1Sc1ccc(Cl)cc1. The minimum atomic E-state index is -3.87. The van der Waals surface area contributed by atoms with Gasteiger partial charge in [0.25, 0.3) is 5.91 Å². The van der Waals surface area contributed by atoms with Gasteiger partial charge in [-0.3, -0.25) is 9.59 Å². The molecule has 0 saturated heterocycles. The fraction of sp³-hybridized carbons (Fsp3) is 0.161. The first kappa shape index (κ1) is 28.9. The Balaban J connectivity index is 1.26. The van der Waals surface area contributed by atoms with Gasteiger partial charge in [-0.25, -0.2) is 8.42 Å². The van der Waals surface area contributed by atoms with Crippen molar-refractivity contribution >= 4 is 50.9 Å². The second kappa shape index (κ2) is 12.9. The Hall–Kier alpha value is -3.63. The number of benzene rings is 4. The number of rotatable bonds is 9. The number of ether oxygens (including phenoxy) is 1. The number of esters is 1. The molecule has 1 amide bonds. The second-order valence-electron chi connectivity index (χ2n) is 9.36. The molecule has 4 aromatic rings. The van der Waals surface area contributed by atoms with E-state index in [0.29, 0.717) is 17.1 Å². The molecular formula is C31H27ClN2O5S2. The molecule has 4 aromatic carbocycles. The number of nitrogens with zero attached hydrogens (tertiary/aromatic N) is 1. The van der Waals surface area contributed by atoms with Gasteiger partial charge in [0.1, 0.15) is 0 Å². The summed E-state index contributed by atoms with van der Waals surface area (Å²) in [6.07, 6.45) is 0.309. The first-order valence-corrected chi connectivity index (χ1v) is 15.6. The van der Waals surface area contributed by atoms with Crippen molar-refractivity contribution < 1.29 is 22.7 Å². The summed E-state index contributed by atoms with van der Waals surface area (Å²) < 4.78 is 33.8. The number of sulfonamides is 1. The molecule has 1 atom stereocenters. The molecule has 41 heavy (non-hydrogen) atoms. The topological polar surface area (TPSA) is 92.8 Å². The third-order valence-electron chi connectivity index (χ3n) is 6.64. The Morgan fingerprint density at radius 3 is 2.37 bits per heavy atom. The molecule has 1 unspecified atom stereocenters. The summed E-state index contributed by atoms with van der Waals surface area (Å²) in [5.74, 6) is -1.17. The van der Waals surface area contributed by atoms with E-state index in [9.17, 15) is 18.0 Å². The first-order chi connectivity index (χ1) is 19.8. The van der Waals surface area contributed by atoms with Crippen molar-refractivity contribution in [2.45, 2.75) is 33.6 Å². The normalized spacial score (nSPS) is 15.1. The highest BCUT2D eigenvalue weighted by Gasteiger charge is 2.37. The van der Waals surface area contributed by atoms with E-state index >= 15 is 0 Å². The largest absolute Gasteiger partial charge is 0.456 e. The summed E-state index contributed by atoms with van der Waals surface area (Å²) in [6, 6.07) is 29.6. The van der Waals surface area contributed by atoms with Crippen LogP contribution in [0.25, 0.3) is 0 Å². The predicted molar refractivity (Wildman–Crippen MR) is 159 cm³/mol. The molecule has 0 aromatic heterocycles. The molecular weight excluding hydrogens is 580 g/mol. The molecule has 0 aliphatic carbocycles. The van der Waals surface area contributed by atoms with Crippen LogP contribution in [0.15, 0.2) is 118 Å². The van der Waals surface area contributed by atoms with Gasteiger partial charge in [-0.15, -0.1) is 0 Å². The number of anilines is 1. The van der Waals surface area contributed by atoms with Gasteiger partial charge in [0.15, 0.2) is 6.61 Å². The molecule has 1 heterocycles. The summed E-state index contributed by atoms with van der Waals surface area (Å²) in [6.45, 7) is -0.271. The van der Waals surface area contributed by atoms with Crippen LogP contribution in [-0.2, 0) is 30.8 Å². The Morgan fingerprint density at radius 1 is 0.902 bits per heavy atom. The summed E-state index contributed by atoms with van der Waals surface area (Å²) in [4.78, 5) is 27.7. The molecule has 1 aliphatic rings. The van der Waals surface area contributed by atoms with Gasteiger partial charge >= 0.3 is 5.97 Å². The van der Waals surface area contributed by atoms with Crippen molar-refractivity contribution in [1.29, 1.82) is 0 Å². The highest BCUT2D eigenvalue weighted by atomic mass is 35.5. The predicted octanol–water partition coefficient (Wildman–Crippen LogP) is 6.35. The molecule has 0 bridgehead atoms. The lowest BCUT2D eigenvalue weighted by molar-refractivity contribution is -0.148. The van der Waals surface area contributed by atoms with Crippen molar-refractivity contribution in [3.63, 3.8) is 0 Å². The highest BCUT2D eigenvalue weighted by Crippen LogP contribution is 2.37. The highest BCUT2D eigenvalue weighted by molar-refractivity contribution is 7.99. The van der Waals surface area contributed by atoms with Crippen molar-refractivity contribution in [3.8, 4) is 0 Å². The van der Waals surface area contributed by atoms with E-state index in [1.807, 2.05) is 48.5 Å². The maximum Gasteiger partial charge on any atom is 0.308 e. The number of carbonyl (C=O) groups excluding carboxylic acids is 2. The lowest BCUT2D eigenvalue weighted by atomic mass is 9.92. The van der Waals surface area contributed by atoms with E-state index < -0.39 is 34.5 Å². The van der Waals surface area contributed by atoms with Crippen LogP contribution in [0.5, 0.6) is 0 Å². The molecule has 1 N–H and O–H groups in total. The molecule has 210 valence electrons. The summed E-state index contributed by atoms with van der Waals surface area (Å²) >= 11 is 7.44. The van der Waals surface area contributed by atoms with Crippen LogP contribution in [0, 0.1) is 0 Å². The van der Waals surface area contributed by atoms with Gasteiger partial charge in [0.2, 0.25) is 10.0 Å². The van der Waals surface area contributed by atoms with Gasteiger partial charge in [-0.1, -0.05) is 78.0 Å². The van der Waals surface area contributed by atoms with E-state index in [1.54, 1.807) is 54.6 Å². The maximum atomic E-state index is 13.5. The van der Waals surface area contributed by atoms with Crippen LogP contribution >= 0.6 is 23.4 Å². The van der Waals surface area contributed by atoms with Crippen molar-refractivity contribution in [2.75, 3.05) is 18.5 Å². The van der Waals surface area contributed by atoms with Crippen LogP contribution < -0.4 is 5.32 Å². The van der Waals surface area contributed by atoms with Crippen LogP contribution in [0.2, 0.25) is 5.02 Å². The average molecular weight is 607 g/mol. The van der Waals surface area contributed by atoms with E-state index in [4.69, 9.17) is 16.3 Å². The zero-order valence-corrected chi connectivity index (χ0v) is 24.3. The van der Waals surface area contributed by atoms with Crippen molar-refractivity contribution in [1.82, 2.24) is 4.31 Å². The number of carbonyl (C=O) groups is 2. The average Bonchev–Trinajstić information content (AvgIpc) is 2.99. The van der Waals surface area contributed by atoms with Gasteiger partial charge in [-0.2, -0.15) is 4.31 Å². The Kier molecular flexibility index (Phi) is 9.09. The summed E-state index contributed by atoms with van der Waals surface area (Å²) in [5, 5.41) is 3.44. The molecule has 5 rings (SSSR count). The smallest absolute Gasteiger partial charge is 0.308 e. The standard InChI is InChI=1S/C31H27ClN2O5S2/c32-23-14-16-24(17-15-23)40-29-13-7-6-12-27(29)33-30(35)21-39-31(36)20-28-26-11-5-4-8-22(26)18-19-34(28)41(37,38)25-9-2-1-3-10-25/h1-17,28H,18-21H2,(H,33,35). The third kappa shape index (κ3) is 7.00. The number of nitrogens with one attached hydrogen (secondary N) is 1. The number of hydrogen-bond donors (Lipinski definition) is 1. The Morgan fingerprint density at radius 2 is 1.59 bits per heavy atom. The molecule has 7 nitrogen and oxygen atoms in total. The Bertz CT molecular complexity index is 1650. The lowest BCUT2D eigenvalue weighted by Gasteiger charge is -2.36.